The third kappa shape index (κ3) is 3.69. The van der Waals surface area contributed by atoms with Crippen LogP contribution in [0.5, 0.6) is 0 Å². The molecule has 4 heteroatoms. The quantitative estimate of drug-likeness (QED) is 0.746. The van der Waals surface area contributed by atoms with Crippen molar-refractivity contribution in [2.24, 2.45) is 11.1 Å². The molecule has 0 aromatic carbocycles. The van der Waals surface area contributed by atoms with Crippen molar-refractivity contribution in [3.63, 3.8) is 0 Å². The van der Waals surface area contributed by atoms with E-state index in [-0.39, 0.29) is 5.41 Å². The van der Waals surface area contributed by atoms with Gasteiger partial charge in [-0.15, -0.1) is 0 Å². The Kier molecular flexibility index (Phi) is 6.09. The number of nitrogens with zero attached hydrogens (tertiary/aromatic N) is 2. The molecule has 1 aliphatic carbocycles. The summed E-state index contributed by atoms with van der Waals surface area (Å²) in [7, 11) is 4.13. The molecule has 0 spiro atoms. The second-order valence-corrected chi connectivity index (χ2v) is 5.73. The lowest BCUT2D eigenvalue weighted by Gasteiger charge is -2.33. The van der Waals surface area contributed by atoms with Gasteiger partial charge in [-0.1, -0.05) is 12.8 Å². The van der Waals surface area contributed by atoms with Gasteiger partial charge in [0.05, 0.1) is 5.41 Å². The Labute approximate surface area is 111 Å². The summed E-state index contributed by atoms with van der Waals surface area (Å²) in [6.07, 6.45) is 5.29. The zero-order chi connectivity index (χ0) is 13.6. The zero-order valence-electron chi connectivity index (χ0n) is 12.2. The zero-order valence-corrected chi connectivity index (χ0v) is 12.2. The maximum Gasteiger partial charge on any atom is 0.230 e. The summed E-state index contributed by atoms with van der Waals surface area (Å²) in [6.45, 7) is 5.26. The van der Waals surface area contributed by atoms with Crippen molar-refractivity contribution in [1.29, 1.82) is 0 Å². The van der Waals surface area contributed by atoms with Gasteiger partial charge in [-0.25, -0.2) is 0 Å². The molecule has 0 unspecified atom stereocenters. The van der Waals surface area contributed by atoms with Gasteiger partial charge in [0.15, 0.2) is 0 Å². The van der Waals surface area contributed by atoms with Crippen LogP contribution in [0.15, 0.2) is 0 Å². The predicted octanol–water partition coefficient (Wildman–Crippen LogP) is 1.31. The Hall–Kier alpha value is -0.610. The van der Waals surface area contributed by atoms with Crippen molar-refractivity contribution < 1.29 is 4.79 Å². The third-order valence-corrected chi connectivity index (χ3v) is 4.11. The number of carbonyl (C=O) groups is 1. The molecule has 0 bridgehead atoms. The first kappa shape index (κ1) is 15.4. The first-order chi connectivity index (χ1) is 8.55. The highest BCUT2D eigenvalue weighted by Crippen LogP contribution is 2.38. The SMILES string of the molecule is CCN(CCCN(C)C)C(=O)C1(CN)CCCC1. The molecule has 18 heavy (non-hydrogen) atoms. The summed E-state index contributed by atoms with van der Waals surface area (Å²) >= 11 is 0. The number of amides is 1. The standard InChI is InChI=1S/C14H29N3O/c1-4-17(11-7-10-16(2)3)13(18)14(12-15)8-5-6-9-14/h4-12,15H2,1-3H3. The molecule has 1 saturated carbocycles. The minimum atomic E-state index is -0.242. The molecule has 0 aromatic heterocycles. The molecular formula is C14H29N3O. The number of nitrogens with two attached hydrogens (primary N) is 1. The molecule has 4 nitrogen and oxygen atoms in total. The molecule has 0 atom stereocenters. The number of rotatable bonds is 7. The minimum absolute atomic E-state index is 0.242. The molecule has 106 valence electrons. The van der Waals surface area contributed by atoms with Gasteiger partial charge in [-0.3, -0.25) is 4.79 Å². The summed E-state index contributed by atoms with van der Waals surface area (Å²) in [6, 6.07) is 0. The van der Waals surface area contributed by atoms with E-state index in [0.29, 0.717) is 12.5 Å². The van der Waals surface area contributed by atoms with Crippen LogP contribution < -0.4 is 5.73 Å². The topological polar surface area (TPSA) is 49.6 Å². The molecule has 1 amide bonds. The highest BCUT2D eigenvalue weighted by atomic mass is 16.2. The lowest BCUT2D eigenvalue weighted by Crippen LogP contribution is -2.47. The van der Waals surface area contributed by atoms with Gasteiger partial charge >= 0.3 is 0 Å². The molecule has 0 saturated heterocycles. The summed E-state index contributed by atoms with van der Waals surface area (Å²) < 4.78 is 0. The molecule has 2 N–H and O–H groups in total. The molecule has 0 radical (unpaired) electrons. The van der Waals surface area contributed by atoms with Gasteiger partial charge < -0.3 is 15.5 Å². The maximum atomic E-state index is 12.6. The Morgan fingerprint density at radius 3 is 2.28 bits per heavy atom. The monoisotopic (exact) mass is 255 g/mol. The van der Waals surface area contributed by atoms with Crippen molar-refractivity contribution in [3.8, 4) is 0 Å². The number of hydrogen-bond acceptors (Lipinski definition) is 3. The van der Waals surface area contributed by atoms with Gasteiger partial charge in [0.2, 0.25) is 5.91 Å². The van der Waals surface area contributed by atoms with E-state index in [1.54, 1.807) is 0 Å². The summed E-state index contributed by atoms with van der Waals surface area (Å²) in [5.74, 6) is 0.295. The largest absolute Gasteiger partial charge is 0.342 e. The Morgan fingerprint density at radius 1 is 1.22 bits per heavy atom. The Morgan fingerprint density at radius 2 is 1.83 bits per heavy atom. The first-order valence-electron chi connectivity index (χ1n) is 7.20. The van der Waals surface area contributed by atoms with Crippen molar-refractivity contribution in [3.05, 3.63) is 0 Å². The van der Waals surface area contributed by atoms with E-state index < -0.39 is 0 Å². The van der Waals surface area contributed by atoms with Crippen LogP contribution in [0.2, 0.25) is 0 Å². The van der Waals surface area contributed by atoms with Crippen molar-refractivity contribution >= 4 is 5.91 Å². The van der Waals surface area contributed by atoms with Gasteiger partial charge in [-0.05, 0) is 46.8 Å². The van der Waals surface area contributed by atoms with Crippen molar-refractivity contribution in [2.45, 2.75) is 39.0 Å². The fourth-order valence-corrected chi connectivity index (χ4v) is 2.87. The second-order valence-electron chi connectivity index (χ2n) is 5.73. The molecular weight excluding hydrogens is 226 g/mol. The first-order valence-corrected chi connectivity index (χ1v) is 7.20. The molecule has 0 aliphatic heterocycles. The van der Waals surface area contributed by atoms with Crippen LogP contribution in [0, 0.1) is 5.41 Å². The molecule has 0 heterocycles. The van der Waals surface area contributed by atoms with Crippen molar-refractivity contribution in [2.75, 3.05) is 40.3 Å². The molecule has 0 aromatic rings. The minimum Gasteiger partial charge on any atom is -0.342 e. The smallest absolute Gasteiger partial charge is 0.230 e. The summed E-state index contributed by atoms with van der Waals surface area (Å²) in [5, 5.41) is 0. The maximum absolute atomic E-state index is 12.6. The van der Waals surface area contributed by atoms with E-state index in [1.807, 2.05) is 4.90 Å². The van der Waals surface area contributed by atoms with E-state index in [0.717, 1.165) is 51.7 Å². The van der Waals surface area contributed by atoms with E-state index in [1.165, 1.54) is 0 Å². The summed E-state index contributed by atoms with van der Waals surface area (Å²) in [5.41, 5.74) is 5.64. The molecule has 1 rings (SSSR count). The van der Waals surface area contributed by atoms with Crippen LogP contribution >= 0.6 is 0 Å². The van der Waals surface area contributed by atoms with Crippen LogP contribution in [-0.2, 0) is 4.79 Å². The van der Waals surface area contributed by atoms with Gasteiger partial charge in [0, 0.05) is 19.6 Å². The van der Waals surface area contributed by atoms with E-state index >= 15 is 0 Å². The number of hydrogen-bond donors (Lipinski definition) is 1. The molecule has 1 fully saturated rings. The van der Waals surface area contributed by atoms with Crippen LogP contribution in [0.25, 0.3) is 0 Å². The fourth-order valence-electron chi connectivity index (χ4n) is 2.87. The predicted molar refractivity (Wildman–Crippen MR) is 75.4 cm³/mol. The van der Waals surface area contributed by atoms with Crippen LogP contribution in [0.3, 0.4) is 0 Å². The number of carbonyl (C=O) groups excluding carboxylic acids is 1. The third-order valence-electron chi connectivity index (χ3n) is 4.11. The second kappa shape index (κ2) is 7.10. The molecule has 1 aliphatic rings. The van der Waals surface area contributed by atoms with Crippen LogP contribution in [-0.4, -0.2) is 56.0 Å². The highest BCUT2D eigenvalue weighted by Gasteiger charge is 2.41. The summed E-state index contributed by atoms with van der Waals surface area (Å²) in [4.78, 5) is 16.8. The average Bonchev–Trinajstić information content (AvgIpc) is 2.83. The van der Waals surface area contributed by atoms with E-state index in [4.69, 9.17) is 5.73 Å². The highest BCUT2D eigenvalue weighted by molar-refractivity contribution is 5.83. The van der Waals surface area contributed by atoms with Gasteiger partial charge in [0.25, 0.3) is 0 Å². The fraction of sp³-hybridized carbons (Fsp3) is 0.929. The van der Waals surface area contributed by atoms with E-state index in [9.17, 15) is 4.79 Å². The van der Waals surface area contributed by atoms with E-state index in [2.05, 4.69) is 25.9 Å². The van der Waals surface area contributed by atoms with Gasteiger partial charge in [-0.2, -0.15) is 0 Å². The Bertz CT molecular complexity index is 260. The van der Waals surface area contributed by atoms with Crippen LogP contribution in [0.1, 0.15) is 39.0 Å². The lowest BCUT2D eigenvalue weighted by molar-refractivity contribution is -0.141. The van der Waals surface area contributed by atoms with Crippen molar-refractivity contribution in [1.82, 2.24) is 9.80 Å². The average molecular weight is 255 g/mol. The lowest BCUT2D eigenvalue weighted by atomic mass is 9.84. The van der Waals surface area contributed by atoms with Crippen LogP contribution in [0.4, 0.5) is 0 Å². The normalized spacial score (nSPS) is 18.3. The van der Waals surface area contributed by atoms with Gasteiger partial charge in [0.1, 0.15) is 0 Å². The Balaban J connectivity index is 2.55.